The molecule has 0 heterocycles. The van der Waals surface area contributed by atoms with Gasteiger partial charge >= 0.3 is 5.97 Å². The zero-order chi connectivity index (χ0) is 41.7. The molecule has 0 bridgehead atoms. The number of hydrogen-bond acceptors (Lipinski definition) is 3. The zero-order valence-corrected chi connectivity index (χ0v) is 40.1. The lowest BCUT2D eigenvalue weighted by Crippen LogP contribution is -2.26. The molecule has 0 aromatic rings. The summed E-state index contributed by atoms with van der Waals surface area (Å²) in [5.41, 5.74) is 0. The van der Waals surface area contributed by atoms with E-state index in [1.807, 2.05) is 0 Å². The van der Waals surface area contributed by atoms with Crippen LogP contribution in [0.4, 0.5) is 0 Å². The van der Waals surface area contributed by atoms with Crippen LogP contribution in [-0.4, -0.2) is 18.4 Å². The maximum atomic E-state index is 13.4. The SMILES string of the molecule is CCCCCCCCCCCCCCCCC(C(=O)CCCCCCCCCCCCCCC(C)C)C(=O)OCCCCCCCCCCCCCCCC(C)C. The monoisotopic (exact) mass is 803 g/mol. The van der Waals surface area contributed by atoms with E-state index in [9.17, 15) is 9.59 Å². The number of ketones is 1. The summed E-state index contributed by atoms with van der Waals surface area (Å²) in [5, 5.41) is 0. The molecule has 3 heteroatoms. The van der Waals surface area contributed by atoms with Crippen molar-refractivity contribution < 1.29 is 14.3 Å². The Morgan fingerprint density at radius 1 is 0.333 bits per heavy atom. The van der Waals surface area contributed by atoms with Crippen LogP contribution in [0.5, 0.6) is 0 Å². The predicted octanol–water partition coefficient (Wildman–Crippen LogP) is 18.8. The quantitative estimate of drug-likeness (QED) is 0.0350. The fraction of sp³-hybridized carbons (Fsp3) is 0.963. The van der Waals surface area contributed by atoms with Crippen LogP contribution in [0.3, 0.4) is 0 Å². The molecule has 0 rings (SSSR count). The summed E-state index contributed by atoms with van der Waals surface area (Å²) in [4.78, 5) is 26.6. The number of ether oxygens (including phenoxy) is 1. The van der Waals surface area contributed by atoms with Gasteiger partial charge in [-0.1, -0.05) is 285 Å². The fourth-order valence-electron chi connectivity index (χ4n) is 8.62. The van der Waals surface area contributed by atoms with Gasteiger partial charge in [0.15, 0.2) is 0 Å². The van der Waals surface area contributed by atoms with Gasteiger partial charge in [0.05, 0.1) is 6.61 Å². The lowest BCUT2D eigenvalue weighted by molar-refractivity contribution is -0.152. The highest BCUT2D eigenvalue weighted by molar-refractivity contribution is 5.98. The topological polar surface area (TPSA) is 43.4 Å². The first-order valence-corrected chi connectivity index (χ1v) is 26.6. The predicted molar refractivity (Wildman–Crippen MR) is 253 cm³/mol. The molecule has 3 nitrogen and oxygen atoms in total. The number of carbonyl (C=O) groups excluding carboxylic acids is 2. The van der Waals surface area contributed by atoms with Gasteiger partial charge in [0.1, 0.15) is 11.7 Å². The minimum Gasteiger partial charge on any atom is -0.465 e. The van der Waals surface area contributed by atoms with Crippen molar-refractivity contribution in [2.45, 2.75) is 311 Å². The Morgan fingerprint density at radius 2 is 0.596 bits per heavy atom. The second-order valence-corrected chi connectivity index (χ2v) is 19.5. The molecule has 0 aliphatic rings. The van der Waals surface area contributed by atoms with Crippen molar-refractivity contribution in [1.82, 2.24) is 0 Å². The van der Waals surface area contributed by atoms with E-state index in [0.29, 0.717) is 19.4 Å². The highest BCUT2D eigenvalue weighted by Gasteiger charge is 2.27. The molecular weight excluding hydrogens is 697 g/mol. The van der Waals surface area contributed by atoms with Crippen molar-refractivity contribution >= 4 is 11.8 Å². The molecule has 0 fully saturated rings. The largest absolute Gasteiger partial charge is 0.465 e. The van der Waals surface area contributed by atoms with Gasteiger partial charge in [0, 0.05) is 6.42 Å². The summed E-state index contributed by atoms with van der Waals surface area (Å²) in [7, 11) is 0. The molecule has 0 aromatic heterocycles. The van der Waals surface area contributed by atoms with Gasteiger partial charge in [-0.05, 0) is 31.1 Å². The van der Waals surface area contributed by atoms with Crippen molar-refractivity contribution in [3.63, 3.8) is 0 Å². The molecule has 0 aliphatic carbocycles. The number of esters is 1. The van der Waals surface area contributed by atoms with E-state index in [1.165, 1.54) is 225 Å². The van der Waals surface area contributed by atoms with E-state index in [4.69, 9.17) is 4.74 Å². The first-order chi connectivity index (χ1) is 27.9. The summed E-state index contributed by atoms with van der Waals surface area (Å²) in [6, 6.07) is 0. The van der Waals surface area contributed by atoms with E-state index in [0.717, 1.165) is 50.4 Å². The van der Waals surface area contributed by atoms with Crippen LogP contribution in [0.15, 0.2) is 0 Å². The third kappa shape index (κ3) is 44.5. The minimum atomic E-state index is -0.535. The maximum absolute atomic E-state index is 13.4. The molecule has 0 aliphatic heterocycles. The number of carbonyl (C=O) groups is 2. The molecule has 0 saturated heterocycles. The molecule has 0 saturated carbocycles. The van der Waals surface area contributed by atoms with Crippen LogP contribution in [0.1, 0.15) is 311 Å². The van der Waals surface area contributed by atoms with E-state index in [-0.39, 0.29) is 11.8 Å². The molecule has 0 radical (unpaired) electrons. The molecule has 1 unspecified atom stereocenters. The van der Waals surface area contributed by atoms with Crippen molar-refractivity contribution in [3.05, 3.63) is 0 Å². The van der Waals surface area contributed by atoms with Crippen LogP contribution < -0.4 is 0 Å². The molecule has 1 atom stereocenters. The smallest absolute Gasteiger partial charge is 0.316 e. The van der Waals surface area contributed by atoms with E-state index < -0.39 is 5.92 Å². The van der Waals surface area contributed by atoms with Crippen molar-refractivity contribution in [2.75, 3.05) is 6.61 Å². The van der Waals surface area contributed by atoms with E-state index in [1.54, 1.807) is 0 Å². The fourth-order valence-corrected chi connectivity index (χ4v) is 8.62. The summed E-state index contributed by atoms with van der Waals surface area (Å²) >= 11 is 0. The van der Waals surface area contributed by atoms with Crippen LogP contribution >= 0.6 is 0 Å². The average molecular weight is 803 g/mol. The van der Waals surface area contributed by atoms with Crippen molar-refractivity contribution in [1.29, 1.82) is 0 Å². The minimum absolute atomic E-state index is 0.147. The van der Waals surface area contributed by atoms with Crippen molar-refractivity contribution in [2.24, 2.45) is 17.8 Å². The molecule has 57 heavy (non-hydrogen) atoms. The Balaban J connectivity index is 4.21. The Bertz CT molecular complexity index is 803. The molecular formula is C54H106O3. The highest BCUT2D eigenvalue weighted by Crippen LogP contribution is 2.21. The van der Waals surface area contributed by atoms with E-state index >= 15 is 0 Å². The molecule has 0 N–H and O–H groups in total. The van der Waals surface area contributed by atoms with Gasteiger partial charge in [-0.25, -0.2) is 0 Å². The molecule has 0 spiro atoms. The van der Waals surface area contributed by atoms with Gasteiger partial charge in [0.25, 0.3) is 0 Å². The lowest BCUT2D eigenvalue weighted by atomic mass is 9.92. The Kier molecular flexibility index (Phi) is 45.5. The standard InChI is InChI=1S/C54H106O3/c1-6-7-8-9-10-11-12-13-16-22-27-32-37-42-47-52(53(55)48-43-38-33-28-23-18-17-21-26-31-36-41-46-51(4)5)54(56)57-49-44-39-34-29-24-19-14-15-20-25-30-35-40-45-50(2)3/h50-52H,6-49H2,1-5H3. The van der Waals surface area contributed by atoms with Crippen molar-refractivity contribution in [3.8, 4) is 0 Å². The molecule has 340 valence electrons. The van der Waals surface area contributed by atoms with Crippen LogP contribution in [0.2, 0.25) is 0 Å². The summed E-state index contributed by atoms with van der Waals surface area (Å²) in [5.74, 6) is 1.09. The lowest BCUT2D eigenvalue weighted by Gasteiger charge is -2.15. The average Bonchev–Trinajstić information content (AvgIpc) is 3.18. The first kappa shape index (κ1) is 56.1. The Morgan fingerprint density at radius 3 is 0.912 bits per heavy atom. The van der Waals surface area contributed by atoms with Crippen LogP contribution in [0, 0.1) is 17.8 Å². The second-order valence-electron chi connectivity index (χ2n) is 19.5. The molecule has 0 amide bonds. The number of hydrogen-bond donors (Lipinski definition) is 0. The van der Waals surface area contributed by atoms with Crippen LogP contribution in [0.25, 0.3) is 0 Å². The Hall–Kier alpha value is -0.860. The van der Waals surface area contributed by atoms with E-state index in [2.05, 4.69) is 34.6 Å². The second kappa shape index (κ2) is 46.2. The first-order valence-electron chi connectivity index (χ1n) is 26.6. The summed E-state index contributed by atoms with van der Waals surface area (Å²) < 4.78 is 5.78. The normalized spacial score (nSPS) is 12.3. The van der Waals surface area contributed by atoms with Crippen LogP contribution in [-0.2, 0) is 14.3 Å². The highest BCUT2D eigenvalue weighted by atomic mass is 16.5. The van der Waals surface area contributed by atoms with Gasteiger partial charge in [-0.3, -0.25) is 9.59 Å². The summed E-state index contributed by atoms with van der Waals surface area (Å²) in [6.07, 6.45) is 55.3. The third-order valence-corrected chi connectivity index (χ3v) is 12.6. The zero-order valence-electron chi connectivity index (χ0n) is 40.1. The Labute approximate surface area is 360 Å². The summed E-state index contributed by atoms with van der Waals surface area (Å²) in [6.45, 7) is 12.1. The maximum Gasteiger partial charge on any atom is 0.316 e. The third-order valence-electron chi connectivity index (χ3n) is 12.6. The van der Waals surface area contributed by atoms with Gasteiger partial charge in [-0.15, -0.1) is 0 Å². The van der Waals surface area contributed by atoms with Gasteiger partial charge in [0.2, 0.25) is 0 Å². The number of rotatable bonds is 48. The number of Topliss-reactive ketones (excluding diaryl/α,β-unsaturated/α-hetero) is 1. The van der Waals surface area contributed by atoms with Gasteiger partial charge < -0.3 is 4.74 Å². The number of unbranched alkanes of at least 4 members (excludes halogenated alkanes) is 36. The van der Waals surface area contributed by atoms with Gasteiger partial charge in [-0.2, -0.15) is 0 Å². The molecule has 0 aromatic carbocycles.